The molecular formula is C11H11N5O4. The van der Waals surface area contributed by atoms with Gasteiger partial charge in [0.2, 0.25) is 5.82 Å². The van der Waals surface area contributed by atoms with Crippen LogP contribution in [0.4, 0.5) is 17.2 Å². The van der Waals surface area contributed by atoms with Gasteiger partial charge in [-0.1, -0.05) is 18.2 Å². The highest BCUT2D eigenvalue weighted by Gasteiger charge is 2.25. The minimum atomic E-state index is -0.648. The van der Waals surface area contributed by atoms with Gasteiger partial charge in [0.25, 0.3) is 5.69 Å². The maximum Gasteiger partial charge on any atom is 0.330 e. The summed E-state index contributed by atoms with van der Waals surface area (Å²) in [5.41, 5.74) is 5.63. The van der Waals surface area contributed by atoms with E-state index < -0.39 is 15.9 Å². The van der Waals surface area contributed by atoms with Crippen molar-refractivity contribution in [1.29, 1.82) is 0 Å². The molecule has 0 fully saturated rings. The molecule has 0 aliphatic heterocycles. The monoisotopic (exact) mass is 277 g/mol. The van der Waals surface area contributed by atoms with Crippen molar-refractivity contribution in [3.8, 4) is 0 Å². The molecule has 0 aliphatic rings. The van der Waals surface area contributed by atoms with E-state index in [0.717, 1.165) is 6.20 Å². The maximum atomic E-state index is 11.0. The first-order valence-corrected chi connectivity index (χ1v) is 5.64. The standard InChI is InChI=1S/C11H11N5O4/c1-7(8-4-2-3-5-9(8)15(17)18)14-11(12)10(6-13-14)16(19)20/h2-7H,12H2,1H3. The third-order valence-electron chi connectivity index (χ3n) is 2.96. The van der Waals surface area contributed by atoms with Crippen LogP contribution < -0.4 is 5.73 Å². The van der Waals surface area contributed by atoms with Crippen molar-refractivity contribution in [2.24, 2.45) is 0 Å². The SMILES string of the molecule is CC(c1ccccc1[N+](=O)[O-])n1ncc([N+](=O)[O-])c1N. The van der Waals surface area contributed by atoms with E-state index in [1.165, 1.54) is 10.7 Å². The van der Waals surface area contributed by atoms with Gasteiger partial charge in [-0.15, -0.1) is 0 Å². The molecule has 104 valence electrons. The van der Waals surface area contributed by atoms with Gasteiger partial charge in [-0.2, -0.15) is 5.10 Å². The average Bonchev–Trinajstić information content (AvgIpc) is 2.79. The van der Waals surface area contributed by atoms with Crippen LogP contribution in [0, 0.1) is 20.2 Å². The predicted molar refractivity (Wildman–Crippen MR) is 70.2 cm³/mol. The molecule has 0 saturated heterocycles. The Labute approximate surface area is 112 Å². The first-order valence-electron chi connectivity index (χ1n) is 5.64. The third-order valence-corrected chi connectivity index (χ3v) is 2.96. The summed E-state index contributed by atoms with van der Waals surface area (Å²) in [7, 11) is 0. The molecule has 9 nitrogen and oxygen atoms in total. The van der Waals surface area contributed by atoms with Gasteiger partial charge in [0.15, 0.2) is 0 Å². The number of hydrogen-bond acceptors (Lipinski definition) is 6. The lowest BCUT2D eigenvalue weighted by Crippen LogP contribution is -2.13. The first kappa shape index (κ1) is 13.5. The molecule has 0 bridgehead atoms. The Morgan fingerprint density at radius 2 is 1.80 bits per heavy atom. The fourth-order valence-corrected chi connectivity index (χ4v) is 1.95. The largest absolute Gasteiger partial charge is 0.378 e. The number of aromatic nitrogens is 2. The van der Waals surface area contributed by atoms with Crippen LogP contribution in [0.5, 0.6) is 0 Å². The summed E-state index contributed by atoms with van der Waals surface area (Å²) < 4.78 is 1.19. The lowest BCUT2D eigenvalue weighted by molar-refractivity contribution is -0.385. The van der Waals surface area contributed by atoms with E-state index in [9.17, 15) is 20.2 Å². The molecular weight excluding hydrogens is 266 g/mol. The van der Waals surface area contributed by atoms with Crippen LogP contribution in [0.3, 0.4) is 0 Å². The number of benzene rings is 1. The normalized spacial score (nSPS) is 12.1. The summed E-state index contributed by atoms with van der Waals surface area (Å²) in [6.07, 6.45) is 1.03. The van der Waals surface area contributed by atoms with Crippen LogP contribution in [-0.4, -0.2) is 19.6 Å². The molecule has 1 atom stereocenters. The van der Waals surface area contributed by atoms with Gasteiger partial charge in [-0.05, 0) is 6.92 Å². The van der Waals surface area contributed by atoms with Gasteiger partial charge in [0, 0.05) is 6.07 Å². The molecule has 0 spiro atoms. The molecule has 2 rings (SSSR count). The highest BCUT2D eigenvalue weighted by Crippen LogP contribution is 2.31. The van der Waals surface area contributed by atoms with Crippen LogP contribution in [0.2, 0.25) is 0 Å². The second-order valence-electron chi connectivity index (χ2n) is 4.11. The lowest BCUT2D eigenvalue weighted by Gasteiger charge is -2.13. The molecule has 20 heavy (non-hydrogen) atoms. The van der Waals surface area contributed by atoms with E-state index in [-0.39, 0.29) is 17.2 Å². The fraction of sp³-hybridized carbons (Fsp3) is 0.182. The number of para-hydroxylation sites is 1. The molecule has 1 aromatic carbocycles. The summed E-state index contributed by atoms with van der Waals surface area (Å²) in [5, 5.41) is 25.6. The molecule has 2 aromatic rings. The molecule has 0 radical (unpaired) electrons. The van der Waals surface area contributed by atoms with E-state index in [2.05, 4.69) is 5.10 Å². The summed E-state index contributed by atoms with van der Waals surface area (Å²) in [6.45, 7) is 1.63. The zero-order valence-electron chi connectivity index (χ0n) is 10.5. The molecule has 1 heterocycles. The van der Waals surface area contributed by atoms with Crippen LogP contribution in [-0.2, 0) is 0 Å². The number of nitrogens with two attached hydrogens (primary N) is 1. The van der Waals surface area contributed by atoms with E-state index in [1.807, 2.05) is 0 Å². The second-order valence-corrected chi connectivity index (χ2v) is 4.11. The third kappa shape index (κ3) is 2.16. The van der Waals surface area contributed by atoms with Crippen molar-refractivity contribution in [3.63, 3.8) is 0 Å². The quantitative estimate of drug-likeness (QED) is 0.670. The van der Waals surface area contributed by atoms with Crippen LogP contribution in [0.25, 0.3) is 0 Å². The molecule has 1 aromatic heterocycles. The molecule has 9 heteroatoms. The number of nitro benzene ring substituents is 1. The second kappa shape index (κ2) is 4.96. The topological polar surface area (TPSA) is 130 Å². The van der Waals surface area contributed by atoms with Gasteiger partial charge < -0.3 is 5.73 Å². The van der Waals surface area contributed by atoms with Crippen molar-refractivity contribution in [2.75, 3.05) is 5.73 Å². The average molecular weight is 277 g/mol. The Hall–Kier alpha value is -2.97. The van der Waals surface area contributed by atoms with Crippen molar-refractivity contribution in [2.45, 2.75) is 13.0 Å². The molecule has 1 unspecified atom stereocenters. The van der Waals surface area contributed by atoms with Gasteiger partial charge >= 0.3 is 5.69 Å². The summed E-state index contributed by atoms with van der Waals surface area (Å²) in [6, 6.07) is 5.52. The highest BCUT2D eigenvalue weighted by molar-refractivity contribution is 5.53. The zero-order chi connectivity index (χ0) is 14.9. The zero-order valence-corrected chi connectivity index (χ0v) is 10.5. The molecule has 0 aliphatic carbocycles. The Balaban J connectivity index is 2.49. The maximum absolute atomic E-state index is 11.0. The fourth-order valence-electron chi connectivity index (χ4n) is 1.95. The summed E-state index contributed by atoms with van der Waals surface area (Å²) in [4.78, 5) is 20.6. The minimum absolute atomic E-state index is 0.0856. The van der Waals surface area contributed by atoms with Crippen molar-refractivity contribution < 1.29 is 9.85 Å². The van der Waals surface area contributed by atoms with Gasteiger partial charge in [0.1, 0.15) is 6.20 Å². The Bertz CT molecular complexity index is 681. The van der Waals surface area contributed by atoms with Crippen LogP contribution in [0.15, 0.2) is 30.5 Å². The number of nitro groups is 2. The number of rotatable bonds is 4. The Kier molecular flexibility index (Phi) is 3.34. The van der Waals surface area contributed by atoms with Crippen LogP contribution >= 0.6 is 0 Å². The lowest BCUT2D eigenvalue weighted by atomic mass is 10.1. The summed E-state index contributed by atoms with van der Waals surface area (Å²) >= 11 is 0. The van der Waals surface area contributed by atoms with Crippen molar-refractivity contribution in [1.82, 2.24) is 9.78 Å². The van der Waals surface area contributed by atoms with Crippen molar-refractivity contribution in [3.05, 3.63) is 56.3 Å². The van der Waals surface area contributed by atoms with Gasteiger partial charge in [0.05, 0.1) is 21.5 Å². The molecule has 0 amide bonds. The molecule has 0 saturated carbocycles. The Morgan fingerprint density at radius 3 is 2.35 bits per heavy atom. The number of anilines is 1. The minimum Gasteiger partial charge on any atom is -0.378 e. The van der Waals surface area contributed by atoms with Gasteiger partial charge in [-0.25, -0.2) is 4.68 Å². The van der Waals surface area contributed by atoms with E-state index >= 15 is 0 Å². The molecule has 2 N–H and O–H groups in total. The predicted octanol–water partition coefficient (Wildman–Crippen LogP) is 1.89. The number of nitrogen functional groups attached to an aromatic ring is 1. The first-order chi connectivity index (χ1) is 9.43. The number of nitrogens with zero attached hydrogens (tertiary/aromatic N) is 4. The Morgan fingerprint density at radius 1 is 1.20 bits per heavy atom. The van der Waals surface area contributed by atoms with E-state index in [0.29, 0.717) is 5.56 Å². The smallest absolute Gasteiger partial charge is 0.330 e. The van der Waals surface area contributed by atoms with Crippen molar-refractivity contribution >= 4 is 17.2 Å². The van der Waals surface area contributed by atoms with Crippen LogP contribution in [0.1, 0.15) is 18.5 Å². The number of hydrogen-bond donors (Lipinski definition) is 1. The van der Waals surface area contributed by atoms with E-state index in [4.69, 9.17) is 5.73 Å². The van der Waals surface area contributed by atoms with E-state index in [1.54, 1.807) is 25.1 Å². The highest BCUT2D eigenvalue weighted by atomic mass is 16.6. The summed E-state index contributed by atoms with van der Waals surface area (Å²) in [5.74, 6) is -0.138. The van der Waals surface area contributed by atoms with Gasteiger partial charge in [-0.3, -0.25) is 20.2 Å².